The van der Waals surface area contributed by atoms with E-state index in [1.54, 1.807) is 0 Å². The summed E-state index contributed by atoms with van der Waals surface area (Å²) in [7, 11) is 0. The molecule has 1 heterocycles. The zero-order valence-corrected chi connectivity index (χ0v) is 11.7. The molecule has 3 nitrogen and oxygen atoms in total. The largest absolute Gasteiger partial charge is 0.371 e. The summed E-state index contributed by atoms with van der Waals surface area (Å²) in [5, 5.41) is 0.835. The van der Waals surface area contributed by atoms with E-state index in [-0.39, 0.29) is 5.41 Å². The normalized spacial score (nSPS) is 19.0. The maximum absolute atomic E-state index is 6.18. The molecule has 0 aromatic heterocycles. The van der Waals surface area contributed by atoms with Crippen molar-refractivity contribution in [3.63, 3.8) is 0 Å². The van der Waals surface area contributed by atoms with E-state index in [9.17, 15) is 0 Å². The molecule has 100 valence electrons. The Hall–Kier alpha value is -0.770. The standard InChI is InChI=1S/C14H22ClN3/c1-11-2-3-12(8-13(11)15)18-6-4-14(9-16,10-17)5-7-18/h2-3,8H,4-7,9-10,16-17H2,1H3. The summed E-state index contributed by atoms with van der Waals surface area (Å²) in [4.78, 5) is 2.37. The Morgan fingerprint density at radius 3 is 2.33 bits per heavy atom. The van der Waals surface area contributed by atoms with Gasteiger partial charge in [-0.15, -0.1) is 0 Å². The van der Waals surface area contributed by atoms with Crippen molar-refractivity contribution in [2.24, 2.45) is 16.9 Å². The third kappa shape index (κ3) is 2.63. The third-order valence-electron chi connectivity index (χ3n) is 4.21. The Morgan fingerprint density at radius 2 is 1.83 bits per heavy atom. The Morgan fingerprint density at radius 1 is 1.22 bits per heavy atom. The first kappa shape index (κ1) is 13.7. The molecule has 4 N–H and O–H groups in total. The second-order valence-corrected chi connectivity index (χ2v) is 5.74. The van der Waals surface area contributed by atoms with Crippen molar-refractivity contribution in [1.29, 1.82) is 0 Å². The van der Waals surface area contributed by atoms with Gasteiger partial charge in [0.05, 0.1) is 0 Å². The van der Waals surface area contributed by atoms with Crippen molar-refractivity contribution < 1.29 is 0 Å². The van der Waals surface area contributed by atoms with E-state index < -0.39 is 0 Å². The molecule has 1 aliphatic rings. The highest BCUT2D eigenvalue weighted by atomic mass is 35.5. The van der Waals surface area contributed by atoms with Crippen LogP contribution in [0.5, 0.6) is 0 Å². The molecule has 1 saturated heterocycles. The molecule has 1 aromatic carbocycles. The Bertz CT molecular complexity index is 406. The van der Waals surface area contributed by atoms with Gasteiger partial charge in [0.2, 0.25) is 0 Å². The van der Waals surface area contributed by atoms with Crippen molar-refractivity contribution in [2.45, 2.75) is 19.8 Å². The Kier molecular flexibility index (Phi) is 4.15. The van der Waals surface area contributed by atoms with Gasteiger partial charge in [-0.1, -0.05) is 17.7 Å². The summed E-state index contributed by atoms with van der Waals surface area (Å²) in [5.41, 5.74) is 14.2. The summed E-state index contributed by atoms with van der Waals surface area (Å²) < 4.78 is 0. The zero-order chi connectivity index (χ0) is 13.2. The first-order valence-electron chi connectivity index (χ1n) is 6.51. The minimum atomic E-state index is 0.144. The fourth-order valence-electron chi connectivity index (χ4n) is 2.51. The second-order valence-electron chi connectivity index (χ2n) is 5.33. The summed E-state index contributed by atoms with van der Waals surface area (Å²) in [6, 6.07) is 6.26. The van der Waals surface area contributed by atoms with Crippen molar-refractivity contribution in [2.75, 3.05) is 31.1 Å². The average Bonchev–Trinajstić information content (AvgIpc) is 2.42. The lowest BCUT2D eigenvalue weighted by Gasteiger charge is -2.41. The van der Waals surface area contributed by atoms with Crippen LogP contribution >= 0.6 is 11.6 Å². The Balaban J connectivity index is 2.07. The fraction of sp³-hybridized carbons (Fsp3) is 0.571. The van der Waals surface area contributed by atoms with Crippen LogP contribution in [0.3, 0.4) is 0 Å². The maximum Gasteiger partial charge on any atom is 0.0455 e. The average molecular weight is 268 g/mol. The highest BCUT2D eigenvalue weighted by Crippen LogP contribution is 2.32. The van der Waals surface area contributed by atoms with Gasteiger partial charge in [0, 0.05) is 23.8 Å². The van der Waals surface area contributed by atoms with E-state index in [1.165, 1.54) is 5.69 Å². The molecule has 4 heteroatoms. The van der Waals surface area contributed by atoms with Crippen LogP contribution < -0.4 is 16.4 Å². The molecule has 1 aliphatic heterocycles. The van der Waals surface area contributed by atoms with Gasteiger partial charge in [-0.25, -0.2) is 0 Å². The van der Waals surface area contributed by atoms with Gasteiger partial charge in [0.1, 0.15) is 0 Å². The quantitative estimate of drug-likeness (QED) is 0.882. The number of benzene rings is 1. The Labute approximate surface area is 114 Å². The van der Waals surface area contributed by atoms with E-state index in [0.29, 0.717) is 13.1 Å². The lowest BCUT2D eigenvalue weighted by atomic mass is 9.78. The summed E-state index contributed by atoms with van der Waals surface area (Å²) in [6.07, 6.45) is 2.12. The number of rotatable bonds is 3. The van der Waals surface area contributed by atoms with E-state index >= 15 is 0 Å². The van der Waals surface area contributed by atoms with E-state index in [0.717, 1.165) is 36.5 Å². The van der Waals surface area contributed by atoms with E-state index in [4.69, 9.17) is 23.1 Å². The highest BCUT2D eigenvalue weighted by Gasteiger charge is 2.32. The van der Waals surface area contributed by atoms with Crippen LogP contribution in [0.25, 0.3) is 0 Å². The molecule has 0 amide bonds. The number of piperidine rings is 1. The maximum atomic E-state index is 6.18. The van der Waals surface area contributed by atoms with Gasteiger partial charge in [0.25, 0.3) is 0 Å². The lowest BCUT2D eigenvalue weighted by Crippen LogP contribution is -2.47. The fourth-order valence-corrected chi connectivity index (χ4v) is 2.68. The monoisotopic (exact) mass is 267 g/mol. The van der Waals surface area contributed by atoms with Crippen LogP contribution in [0.15, 0.2) is 18.2 Å². The van der Waals surface area contributed by atoms with Gasteiger partial charge < -0.3 is 16.4 Å². The lowest BCUT2D eigenvalue weighted by molar-refractivity contribution is 0.238. The van der Waals surface area contributed by atoms with Gasteiger partial charge in [0.15, 0.2) is 0 Å². The molecule has 2 rings (SSSR count). The van der Waals surface area contributed by atoms with Crippen molar-refractivity contribution in [1.82, 2.24) is 0 Å². The van der Waals surface area contributed by atoms with Gasteiger partial charge in [-0.2, -0.15) is 0 Å². The molecule has 0 radical (unpaired) electrons. The minimum Gasteiger partial charge on any atom is -0.371 e. The highest BCUT2D eigenvalue weighted by molar-refractivity contribution is 6.31. The van der Waals surface area contributed by atoms with Crippen molar-refractivity contribution in [3.8, 4) is 0 Å². The first-order chi connectivity index (χ1) is 8.60. The molecule has 1 aromatic rings. The molecule has 0 spiro atoms. The molecule has 0 bridgehead atoms. The predicted octanol–water partition coefficient (Wildman–Crippen LogP) is 2.15. The predicted molar refractivity (Wildman–Crippen MR) is 78.2 cm³/mol. The number of hydrogen-bond donors (Lipinski definition) is 2. The van der Waals surface area contributed by atoms with E-state index in [2.05, 4.69) is 23.1 Å². The molecule has 0 unspecified atom stereocenters. The molecule has 0 atom stereocenters. The van der Waals surface area contributed by atoms with Crippen molar-refractivity contribution >= 4 is 17.3 Å². The van der Waals surface area contributed by atoms with Crippen LogP contribution in [0.1, 0.15) is 18.4 Å². The third-order valence-corrected chi connectivity index (χ3v) is 4.62. The molecule has 1 fully saturated rings. The summed E-state index contributed by atoms with van der Waals surface area (Å²) >= 11 is 6.18. The molecular formula is C14H22ClN3. The smallest absolute Gasteiger partial charge is 0.0455 e. The number of aryl methyl sites for hydroxylation is 1. The zero-order valence-electron chi connectivity index (χ0n) is 11.0. The van der Waals surface area contributed by atoms with Gasteiger partial charge >= 0.3 is 0 Å². The number of hydrogen-bond acceptors (Lipinski definition) is 3. The SMILES string of the molecule is Cc1ccc(N2CCC(CN)(CN)CC2)cc1Cl. The molecular weight excluding hydrogens is 246 g/mol. The summed E-state index contributed by atoms with van der Waals surface area (Å²) in [5.74, 6) is 0. The van der Waals surface area contributed by atoms with Crippen LogP contribution in [0, 0.1) is 12.3 Å². The molecule has 0 aliphatic carbocycles. The topological polar surface area (TPSA) is 55.3 Å². The van der Waals surface area contributed by atoms with Gasteiger partial charge in [-0.3, -0.25) is 0 Å². The molecule has 18 heavy (non-hydrogen) atoms. The second kappa shape index (κ2) is 5.47. The number of halogens is 1. The first-order valence-corrected chi connectivity index (χ1v) is 6.89. The van der Waals surface area contributed by atoms with Gasteiger partial charge in [-0.05, 0) is 56.0 Å². The van der Waals surface area contributed by atoms with Crippen LogP contribution in [0.4, 0.5) is 5.69 Å². The van der Waals surface area contributed by atoms with Crippen LogP contribution in [-0.2, 0) is 0 Å². The number of nitrogens with zero attached hydrogens (tertiary/aromatic N) is 1. The number of anilines is 1. The summed E-state index contributed by atoms with van der Waals surface area (Å²) in [6.45, 7) is 5.41. The van der Waals surface area contributed by atoms with Crippen LogP contribution in [-0.4, -0.2) is 26.2 Å². The molecule has 0 saturated carbocycles. The minimum absolute atomic E-state index is 0.144. The van der Waals surface area contributed by atoms with Crippen molar-refractivity contribution in [3.05, 3.63) is 28.8 Å². The number of nitrogens with two attached hydrogens (primary N) is 2. The van der Waals surface area contributed by atoms with Crippen LogP contribution in [0.2, 0.25) is 5.02 Å². The van der Waals surface area contributed by atoms with E-state index in [1.807, 2.05) is 6.92 Å².